The summed E-state index contributed by atoms with van der Waals surface area (Å²) in [6.45, 7) is 0. The monoisotopic (exact) mass is 287 g/mol. The van der Waals surface area contributed by atoms with E-state index in [2.05, 4.69) is 15.6 Å². The summed E-state index contributed by atoms with van der Waals surface area (Å²) in [4.78, 5) is 16.2. The van der Waals surface area contributed by atoms with E-state index in [4.69, 9.17) is 11.6 Å². The Hall–Kier alpha value is -2.07. The number of halogens is 1. The summed E-state index contributed by atoms with van der Waals surface area (Å²) in [6.07, 6.45) is 4.10. The Morgan fingerprint density at radius 1 is 1.20 bits per heavy atom. The molecular weight excluding hydrogens is 274 g/mol. The van der Waals surface area contributed by atoms with E-state index in [0.29, 0.717) is 22.4 Å². The van der Waals surface area contributed by atoms with Crippen molar-refractivity contribution in [3.05, 3.63) is 53.3 Å². The number of hydrogen-bond acceptors (Lipinski definition) is 3. The minimum atomic E-state index is -0.245. The van der Waals surface area contributed by atoms with Crippen LogP contribution in [0.5, 0.6) is 0 Å². The molecule has 2 N–H and O–H groups in total. The molecule has 0 radical (unpaired) electrons. The molecule has 3 rings (SSSR count). The first-order valence-corrected chi connectivity index (χ1v) is 6.88. The number of nitrogens with zero attached hydrogens (tertiary/aromatic N) is 1. The van der Waals surface area contributed by atoms with Gasteiger partial charge in [-0.15, -0.1) is 0 Å². The number of rotatable bonds is 4. The molecule has 1 aliphatic rings. The van der Waals surface area contributed by atoms with Crippen LogP contribution in [0.2, 0.25) is 5.02 Å². The van der Waals surface area contributed by atoms with E-state index in [1.54, 1.807) is 36.5 Å². The SMILES string of the molecule is O=C(Nc1cccc(Cl)c1)c1ccc(NC2CC2)cn1. The number of carbonyl (C=O) groups excluding carboxylic acids is 1. The third kappa shape index (κ3) is 3.27. The van der Waals surface area contributed by atoms with Crippen LogP contribution in [0.3, 0.4) is 0 Å². The normalized spacial score (nSPS) is 13.8. The molecule has 2 aromatic rings. The highest BCUT2D eigenvalue weighted by molar-refractivity contribution is 6.30. The topological polar surface area (TPSA) is 54.0 Å². The van der Waals surface area contributed by atoms with Crippen molar-refractivity contribution in [2.24, 2.45) is 0 Å². The largest absolute Gasteiger partial charge is 0.381 e. The van der Waals surface area contributed by atoms with E-state index in [9.17, 15) is 4.79 Å². The molecule has 0 aliphatic heterocycles. The van der Waals surface area contributed by atoms with E-state index < -0.39 is 0 Å². The minimum Gasteiger partial charge on any atom is -0.381 e. The van der Waals surface area contributed by atoms with Crippen LogP contribution in [0.1, 0.15) is 23.3 Å². The van der Waals surface area contributed by atoms with Gasteiger partial charge in [0.2, 0.25) is 0 Å². The lowest BCUT2D eigenvalue weighted by Gasteiger charge is -2.07. The van der Waals surface area contributed by atoms with Crippen LogP contribution in [0.25, 0.3) is 0 Å². The maximum absolute atomic E-state index is 12.0. The first-order chi connectivity index (χ1) is 9.70. The second kappa shape index (κ2) is 5.51. The number of hydrogen-bond donors (Lipinski definition) is 2. The van der Waals surface area contributed by atoms with E-state index in [1.807, 2.05) is 6.07 Å². The fourth-order valence-electron chi connectivity index (χ4n) is 1.84. The molecule has 1 aromatic carbocycles. The molecule has 5 heteroatoms. The van der Waals surface area contributed by atoms with Crippen LogP contribution >= 0.6 is 11.6 Å². The lowest BCUT2D eigenvalue weighted by atomic mass is 10.3. The third-order valence-electron chi connectivity index (χ3n) is 3.03. The number of aromatic nitrogens is 1. The quantitative estimate of drug-likeness (QED) is 0.904. The third-order valence-corrected chi connectivity index (χ3v) is 3.26. The van der Waals surface area contributed by atoms with Gasteiger partial charge in [0, 0.05) is 16.8 Å². The van der Waals surface area contributed by atoms with Gasteiger partial charge in [0.1, 0.15) is 5.69 Å². The van der Waals surface area contributed by atoms with Crippen molar-refractivity contribution >= 4 is 28.9 Å². The highest BCUT2D eigenvalue weighted by Gasteiger charge is 2.20. The molecule has 1 heterocycles. The number of benzene rings is 1. The van der Waals surface area contributed by atoms with Crippen LogP contribution in [-0.2, 0) is 0 Å². The minimum absolute atomic E-state index is 0.245. The average Bonchev–Trinajstić information content (AvgIpc) is 3.23. The van der Waals surface area contributed by atoms with E-state index >= 15 is 0 Å². The van der Waals surface area contributed by atoms with Gasteiger partial charge in [-0.05, 0) is 43.2 Å². The van der Waals surface area contributed by atoms with Gasteiger partial charge in [-0.1, -0.05) is 17.7 Å². The molecule has 1 aromatic heterocycles. The van der Waals surface area contributed by atoms with Gasteiger partial charge >= 0.3 is 0 Å². The van der Waals surface area contributed by atoms with Crippen molar-refractivity contribution in [1.29, 1.82) is 0 Å². The van der Waals surface area contributed by atoms with Crippen LogP contribution in [-0.4, -0.2) is 16.9 Å². The molecule has 0 saturated heterocycles. The highest BCUT2D eigenvalue weighted by Crippen LogP contribution is 2.24. The van der Waals surface area contributed by atoms with Crippen molar-refractivity contribution in [3.8, 4) is 0 Å². The van der Waals surface area contributed by atoms with Gasteiger partial charge in [0.25, 0.3) is 5.91 Å². The van der Waals surface area contributed by atoms with Crippen molar-refractivity contribution in [2.75, 3.05) is 10.6 Å². The van der Waals surface area contributed by atoms with E-state index in [-0.39, 0.29) is 5.91 Å². The van der Waals surface area contributed by atoms with E-state index in [0.717, 1.165) is 5.69 Å². The summed E-state index contributed by atoms with van der Waals surface area (Å²) in [6, 6.07) is 11.2. The molecule has 20 heavy (non-hydrogen) atoms. The Bertz CT molecular complexity index is 623. The molecule has 0 atom stereocenters. The van der Waals surface area contributed by atoms with Gasteiger partial charge in [0.05, 0.1) is 11.9 Å². The summed E-state index contributed by atoms with van der Waals surface area (Å²) in [7, 11) is 0. The molecule has 1 saturated carbocycles. The highest BCUT2D eigenvalue weighted by atomic mass is 35.5. The number of amides is 1. The number of anilines is 2. The maximum Gasteiger partial charge on any atom is 0.274 e. The molecule has 1 amide bonds. The molecular formula is C15H14ClN3O. The summed E-state index contributed by atoms with van der Waals surface area (Å²) < 4.78 is 0. The van der Waals surface area contributed by atoms with Gasteiger partial charge < -0.3 is 10.6 Å². The number of pyridine rings is 1. The average molecular weight is 288 g/mol. The molecule has 4 nitrogen and oxygen atoms in total. The second-order valence-corrected chi connectivity index (χ2v) is 5.25. The molecule has 1 aliphatic carbocycles. The standard InChI is InChI=1S/C15H14ClN3O/c16-10-2-1-3-12(8-10)19-15(20)14-7-6-13(9-17-14)18-11-4-5-11/h1-3,6-9,11,18H,4-5H2,(H,19,20). The fraction of sp³-hybridized carbons (Fsp3) is 0.200. The summed E-state index contributed by atoms with van der Waals surface area (Å²) >= 11 is 5.87. The van der Waals surface area contributed by atoms with Gasteiger partial charge in [-0.2, -0.15) is 0 Å². The number of carbonyl (C=O) groups is 1. The molecule has 0 spiro atoms. The van der Waals surface area contributed by atoms with Crippen molar-refractivity contribution in [3.63, 3.8) is 0 Å². The zero-order valence-corrected chi connectivity index (χ0v) is 11.5. The zero-order valence-electron chi connectivity index (χ0n) is 10.8. The number of nitrogens with one attached hydrogen (secondary N) is 2. The second-order valence-electron chi connectivity index (χ2n) is 4.82. The van der Waals surface area contributed by atoms with E-state index in [1.165, 1.54) is 12.8 Å². The Morgan fingerprint density at radius 2 is 2.05 bits per heavy atom. The van der Waals surface area contributed by atoms with Crippen LogP contribution in [0.15, 0.2) is 42.6 Å². The van der Waals surface area contributed by atoms with Crippen LogP contribution in [0, 0.1) is 0 Å². The fourth-order valence-corrected chi connectivity index (χ4v) is 2.03. The predicted octanol–water partition coefficient (Wildman–Crippen LogP) is 3.56. The molecule has 0 unspecified atom stereocenters. The van der Waals surface area contributed by atoms with Gasteiger partial charge in [0.15, 0.2) is 0 Å². The first kappa shape index (κ1) is 12.9. The summed E-state index contributed by atoms with van der Waals surface area (Å²) in [5.74, 6) is -0.245. The Labute approximate surface area is 122 Å². The van der Waals surface area contributed by atoms with Crippen molar-refractivity contribution in [2.45, 2.75) is 18.9 Å². The lowest BCUT2D eigenvalue weighted by Crippen LogP contribution is -2.13. The van der Waals surface area contributed by atoms with Gasteiger partial charge in [-0.3, -0.25) is 4.79 Å². The molecule has 102 valence electrons. The summed E-state index contributed by atoms with van der Waals surface area (Å²) in [5.41, 5.74) is 1.99. The maximum atomic E-state index is 12.0. The smallest absolute Gasteiger partial charge is 0.274 e. The van der Waals surface area contributed by atoms with Gasteiger partial charge in [-0.25, -0.2) is 4.98 Å². The summed E-state index contributed by atoms with van der Waals surface area (Å²) in [5, 5.41) is 6.68. The van der Waals surface area contributed by atoms with Crippen molar-refractivity contribution < 1.29 is 4.79 Å². The predicted molar refractivity (Wildman–Crippen MR) is 80.3 cm³/mol. The Kier molecular flexibility index (Phi) is 3.56. The zero-order chi connectivity index (χ0) is 13.9. The Morgan fingerprint density at radius 3 is 2.70 bits per heavy atom. The van der Waals surface area contributed by atoms with Crippen LogP contribution < -0.4 is 10.6 Å². The first-order valence-electron chi connectivity index (χ1n) is 6.50. The van der Waals surface area contributed by atoms with Crippen LogP contribution in [0.4, 0.5) is 11.4 Å². The van der Waals surface area contributed by atoms with Crippen molar-refractivity contribution in [1.82, 2.24) is 4.98 Å². The molecule has 0 bridgehead atoms. The lowest BCUT2D eigenvalue weighted by molar-refractivity contribution is 0.102. The molecule has 1 fully saturated rings. The Balaban J connectivity index is 1.66.